The van der Waals surface area contributed by atoms with Gasteiger partial charge in [-0.2, -0.15) is 0 Å². The van der Waals surface area contributed by atoms with Gasteiger partial charge >= 0.3 is 0 Å². The van der Waals surface area contributed by atoms with E-state index >= 15 is 0 Å². The highest BCUT2D eigenvalue weighted by atomic mass is 32.2. The highest BCUT2D eigenvalue weighted by Crippen LogP contribution is 2.18. The van der Waals surface area contributed by atoms with Gasteiger partial charge < -0.3 is 5.73 Å². The van der Waals surface area contributed by atoms with Crippen molar-refractivity contribution in [1.82, 2.24) is 4.57 Å². The van der Waals surface area contributed by atoms with E-state index in [-0.39, 0.29) is 11.4 Å². The van der Waals surface area contributed by atoms with Gasteiger partial charge in [0.25, 0.3) is 10.0 Å². The van der Waals surface area contributed by atoms with Gasteiger partial charge in [0.1, 0.15) is 12.4 Å². The highest BCUT2D eigenvalue weighted by molar-refractivity contribution is 7.92. The van der Waals surface area contributed by atoms with Crippen molar-refractivity contribution in [3.05, 3.63) is 43.0 Å². The second-order valence-electron chi connectivity index (χ2n) is 4.82. The molecular formula is C13H19N4O3S+. The van der Waals surface area contributed by atoms with Crippen LogP contribution in [0, 0.1) is 0 Å². The zero-order valence-corrected chi connectivity index (χ0v) is 12.6. The molecule has 0 radical (unpaired) electrons. The number of anilines is 2. The summed E-state index contributed by atoms with van der Waals surface area (Å²) in [6.45, 7) is 0.565. The third-order valence-corrected chi connectivity index (χ3v) is 4.56. The largest absolute Gasteiger partial charge is 0.399 e. The molecule has 0 atom stereocenters. The van der Waals surface area contributed by atoms with E-state index in [1.165, 1.54) is 24.3 Å². The Kier molecular flexibility index (Phi) is 4.49. The van der Waals surface area contributed by atoms with E-state index in [1.807, 2.05) is 34.9 Å². The van der Waals surface area contributed by atoms with Crippen molar-refractivity contribution in [2.24, 2.45) is 7.05 Å². The van der Waals surface area contributed by atoms with Crippen LogP contribution in [0.5, 0.6) is 0 Å². The molecule has 0 unspecified atom stereocenters. The summed E-state index contributed by atoms with van der Waals surface area (Å²) in [5.41, 5.74) is 6.21. The molecule has 0 saturated carbocycles. The maximum Gasteiger partial charge on any atom is 0.257 e. The van der Waals surface area contributed by atoms with E-state index in [0.29, 0.717) is 23.1 Å². The summed E-state index contributed by atoms with van der Waals surface area (Å²) in [6, 6.07) is 5.99. The molecule has 0 aliphatic rings. The second kappa shape index (κ2) is 6.15. The fourth-order valence-electron chi connectivity index (χ4n) is 1.91. The van der Waals surface area contributed by atoms with Gasteiger partial charge in [-0.15, -0.1) is 4.47 Å². The molecular weight excluding hydrogens is 292 g/mol. The van der Waals surface area contributed by atoms with Crippen LogP contribution >= 0.6 is 0 Å². The molecule has 0 bridgehead atoms. The maximum atomic E-state index is 12.0. The Morgan fingerprint density at radius 1 is 1.33 bits per heavy atom. The van der Waals surface area contributed by atoms with Gasteiger partial charge in [0, 0.05) is 12.1 Å². The fraction of sp³-hybridized carbons (Fsp3) is 0.308. The fourth-order valence-corrected chi connectivity index (χ4v) is 3.02. The molecule has 2 aromatic rings. The SMILES string of the molecule is C[n+]1ccn(CCCS(=O)(=O)N(O)c2ccc(N)cc2)c1. The minimum absolute atomic E-state index is 0.143. The van der Waals surface area contributed by atoms with Crippen LogP contribution < -0.4 is 14.8 Å². The molecule has 1 heterocycles. The molecule has 0 amide bonds. The van der Waals surface area contributed by atoms with Gasteiger partial charge in [-0.05, 0) is 24.3 Å². The number of hydrogen-bond acceptors (Lipinski definition) is 4. The van der Waals surface area contributed by atoms with Crippen molar-refractivity contribution >= 4 is 21.4 Å². The molecule has 0 saturated heterocycles. The Bertz CT molecular complexity index is 694. The zero-order valence-electron chi connectivity index (χ0n) is 11.8. The van der Waals surface area contributed by atoms with Crippen molar-refractivity contribution in [2.75, 3.05) is 16.0 Å². The molecule has 114 valence electrons. The topological polar surface area (TPSA) is 92.4 Å². The average Bonchev–Trinajstić information content (AvgIpc) is 2.84. The lowest BCUT2D eigenvalue weighted by Crippen LogP contribution is -2.30. The number of nitrogen functional groups attached to an aromatic ring is 1. The van der Waals surface area contributed by atoms with Crippen LogP contribution in [0.2, 0.25) is 0 Å². The van der Waals surface area contributed by atoms with Crippen LogP contribution in [0.1, 0.15) is 6.42 Å². The number of nitrogens with zero attached hydrogens (tertiary/aromatic N) is 3. The summed E-state index contributed by atoms with van der Waals surface area (Å²) in [5.74, 6) is -0.143. The van der Waals surface area contributed by atoms with Crippen molar-refractivity contribution in [2.45, 2.75) is 13.0 Å². The van der Waals surface area contributed by atoms with Gasteiger partial charge in [0.15, 0.2) is 0 Å². The molecule has 3 N–H and O–H groups in total. The number of aryl methyl sites for hydroxylation is 2. The average molecular weight is 311 g/mol. The highest BCUT2D eigenvalue weighted by Gasteiger charge is 2.20. The van der Waals surface area contributed by atoms with Crippen LogP contribution in [0.4, 0.5) is 11.4 Å². The van der Waals surface area contributed by atoms with Crippen LogP contribution in [0.3, 0.4) is 0 Å². The van der Waals surface area contributed by atoms with Gasteiger partial charge in [-0.3, -0.25) is 5.21 Å². The lowest BCUT2D eigenvalue weighted by atomic mass is 10.3. The minimum atomic E-state index is -3.76. The normalized spacial score (nSPS) is 11.5. The maximum absolute atomic E-state index is 12.0. The van der Waals surface area contributed by atoms with Crippen LogP contribution in [-0.4, -0.2) is 23.9 Å². The molecule has 0 aliphatic heterocycles. The van der Waals surface area contributed by atoms with E-state index in [2.05, 4.69) is 0 Å². The second-order valence-corrected chi connectivity index (χ2v) is 6.74. The van der Waals surface area contributed by atoms with E-state index in [1.54, 1.807) is 0 Å². The molecule has 1 aromatic heterocycles. The molecule has 8 heteroatoms. The van der Waals surface area contributed by atoms with Crippen LogP contribution in [-0.2, 0) is 23.6 Å². The first-order valence-electron chi connectivity index (χ1n) is 6.47. The lowest BCUT2D eigenvalue weighted by Gasteiger charge is -2.16. The molecule has 21 heavy (non-hydrogen) atoms. The number of aromatic nitrogens is 2. The summed E-state index contributed by atoms with van der Waals surface area (Å²) in [7, 11) is -1.87. The molecule has 2 rings (SSSR count). The number of imidazole rings is 1. The summed E-state index contributed by atoms with van der Waals surface area (Å²) in [5, 5.41) is 9.83. The summed E-state index contributed by atoms with van der Waals surface area (Å²) in [4.78, 5) is 0. The molecule has 1 aromatic carbocycles. The van der Waals surface area contributed by atoms with Crippen LogP contribution in [0.25, 0.3) is 0 Å². The van der Waals surface area contributed by atoms with Gasteiger partial charge in [0.2, 0.25) is 6.33 Å². The standard InChI is InChI=1S/C13H19N4O3S/c1-15-8-9-16(11-15)7-2-10-21(19,20)17(18)13-5-3-12(14)4-6-13/h3-6,8-9,11,18H,2,7,10,14H2,1H3/q+1. The first kappa shape index (κ1) is 15.3. The van der Waals surface area contributed by atoms with Crippen molar-refractivity contribution in [1.29, 1.82) is 0 Å². The predicted molar refractivity (Wildman–Crippen MR) is 79.1 cm³/mol. The Morgan fingerprint density at radius 2 is 2.00 bits per heavy atom. The van der Waals surface area contributed by atoms with Crippen molar-refractivity contribution in [3.63, 3.8) is 0 Å². The molecule has 0 spiro atoms. The first-order valence-corrected chi connectivity index (χ1v) is 8.08. The Morgan fingerprint density at radius 3 is 2.57 bits per heavy atom. The van der Waals surface area contributed by atoms with E-state index in [0.717, 1.165) is 0 Å². The van der Waals surface area contributed by atoms with E-state index in [9.17, 15) is 13.6 Å². The zero-order chi connectivity index (χ0) is 15.5. The van der Waals surface area contributed by atoms with Gasteiger partial charge in [-0.1, -0.05) is 0 Å². The third kappa shape index (κ3) is 3.96. The van der Waals surface area contributed by atoms with Gasteiger partial charge in [-0.25, -0.2) is 17.6 Å². The Balaban J connectivity index is 1.96. The third-order valence-electron chi connectivity index (χ3n) is 3.02. The van der Waals surface area contributed by atoms with Crippen LogP contribution in [0.15, 0.2) is 43.0 Å². The Labute approximate surface area is 123 Å². The molecule has 0 fully saturated rings. The summed E-state index contributed by atoms with van der Waals surface area (Å²) < 4.78 is 28.2. The summed E-state index contributed by atoms with van der Waals surface area (Å²) >= 11 is 0. The number of benzene rings is 1. The van der Waals surface area contributed by atoms with E-state index in [4.69, 9.17) is 5.73 Å². The van der Waals surface area contributed by atoms with Crippen molar-refractivity contribution in [3.8, 4) is 0 Å². The molecule has 0 aliphatic carbocycles. The smallest absolute Gasteiger partial charge is 0.257 e. The first-order chi connectivity index (χ1) is 9.88. The van der Waals surface area contributed by atoms with Crippen molar-refractivity contribution < 1.29 is 18.2 Å². The number of hydrogen-bond donors (Lipinski definition) is 2. The minimum Gasteiger partial charge on any atom is -0.399 e. The summed E-state index contributed by atoms with van der Waals surface area (Å²) in [6.07, 6.45) is 6.01. The lowest BCUT2D eigenvalue weighted by molar-refractivity contribution is -0.671. The predicted octanol–water partition coefficient (Wildman–Crippen LogP) is 0.511. The number of rotatable bonds is 6. The van der Waals surface area contributed by atoms with Gasteiger partial charge in [0.05, 0.1) is 25.0 Å². The van der Waals surface area contributed by atoms with E-state index < -0.39 is 10.0 Å². The molecule has 7 nitrogen and oxygen atoms in total. The monoisotopic (exact) mass is 311 g/mol. The number of sulfonamides is 1. The quantitative estimate of drug-likeness (QED) is 0.462. The Hall–Kier alpha value is -2.06. The number of nitrogens with two attached hydrogens (primary N) is 1.